The van der Waals surface area contributed by atoms with Crippen LogP contribution in [0.15, 0.2) is 41.9 Å². The molecule has 0 bridgehead atoms. The van der Waals surface area contributed by atoms with Gasteiger partial charge in [0.1, 0.15) is 0 Å². The molecule has 0 saturated heterocycles. The first kappa shape index (κ1) is 21.5. The van der Waals surface area contributed by atoms with Crippen molar-refractivity contribution in [2.75, 3.05) is 26.2 Å². The first-order valence-corrected chi connectivity index (χ1v) is 8.72. The number of rotatable bonds is 7. The summed E-state index contributed by atoms with van der Waals surface area (Å²) in [5, 5.41) is 6.33. The van der Waals surface area contributed by atoms with Crippen molar-refractivity contribution in [3.63, 3.8) is 0 Å². The molecular formula is C19H29IN4O. The summed E-state index contributed by atoms with van der Waals surface area (Å²) in [6.45, 7) is 9.41. The molecule has 0 aliphatic carbocycles. The van der Waals surface area contributed by atoms with E-state index in [1.165, 1.54) is 11.1 Å². The van der Waals surface area contributed by atoms with E-state index in [4.69, 9.17) is 0 Å². The van der Waals surface area contributed by atoms with Crippen LogP contribution in [0.5, 0.6) is 0 Å². The quantitative estimate of drug-likeness (QED) is 0.218. The molecule has 1 heterocycles. The van der Waals surface area contributed by atoms with E-state index in [1.54, 1.807) is 6.08 Å². The van der Waals surface area contributed by atoms with Crippen LogP contribution >= 0.6 is 24.0 Å². The minimum Gasteiger partial charge on any atom is -0.357 e. The molecule has 0 aromatic heterocycles. The zero-order valence-corrected chi connectivity index (χ0v) is 17.3. The Labute approximate surface area is 168 Å². The van der Waals surface area contributed by atoms with Gasteiger partial charge in [-0.2, -0.15) is 0 Å². The number of halogens is 1. The van der Waals surface area contributed by atoms with Gasteiger partial charge in [-0.3, -0.25) is 9.79 Å². The number of fused-ring (bicyclic) bond motifs is 1. The van der Waals surface area contributed by atoms with E-state index in [-0.39, 0.29) is 29.9 Å². The monoisotopic (exact) mass is 456 g/mol. The summed E-state index contributed by atoms with van der Waals surface area (Å²) in [7, 11) is 0. The Morgan fingerprint density at radius 3 is 2.80 bits per heavy atom. The highest BCUT2D eigenvalue weighted by Gasteiger charge is 2.19. The summed E-state index contributed by atoms with van der Waals surface area (Å²) in [5.74, 6) is 1.00. The lowest BCUT2D eigenvalue weighted by Crippen LogP contribution is -2.37. The third-order valence-electron chi connectivity index (χ3n) is 4.06. The van der Waals surface area contributed by atoms with Crippen LogP contribution in [0.1, 0.15) is 30.9 Å². The maximum Gasteiger partial charge on any atom is 0.222 e. The first-order valence-electron chi connectivity index (χ1n) is 8.72. The van der Waals surface area contributed by atoms with Gasteiger partial charge in [0, 0.05) is 39.1 Å². The van der Waals surface area contributed by atoms with Crippen LogP contribution in [-0.4, -0.2) is 42.9 Å². The number of amides is 1. The Bertz CT molecular complexity index is 589. The SMILES string of the molecule is C=CCNC(=NCCCC(=O)N1CCc2ccccc2C1)NCC.I. The van der Waals surface area contributed by atoms with Crippen LogP contribution in [-0.2, 0) is 17.8 Å². The summed E-state index contributed by atoms with van der Waals surface area (Å²) in [6.07, 6.45) is 4.06. The molecule has 0 fully saturated rings. The van der Waals surface area contributed by atoms with E-state index in [0.29, 0.717) is 19.5 Å². The van der Waals surface area contributed by atoms with Crippen LogP contribution in [0, 0.1) is 0 Å². The van der Waals surface area contributed by atoms with E-state index in [1.807, 2.05) is 17.9 Å². The van der Waals surface area contributed by atoms with Crippen LogP contribution in [0.2, 0.25) is 0 Å². The second-order valence-corrected chi connectivity index (χ2v) is 5.87. The lowest BCUT2D eigenvalue weighted by Gasteiger charge is -2.28. The fraction of sp³-hybridized carbons (Fsp3) is 0.474. The van der Waals surface area contributed by atoms with E-state index >= 15 is 0 Å². The van der Waals surface area contributed by atoms with Crippen molar-refractivity contribution in [3.8, 4) is 0 Å². The summed E-state index contributed by atoms with van der Waals surface area (Å²) in [4.78, 5) is 18.8. The molecule has 0 saturated carbocycles. The Morgan fingerprint density at radius 1 is 1.32 bits per heavy atom. The second kappa shape index (κ2) is 11.9. The minimum absolute atomic E-state index is 0. The number of hydrogen-bond acceptors (Lipinski definition) is 2. The minimum atomic E-state index is 0. The molecule has 2 rings (SSSR count). The fourth-order valence-electron chi connectivity index (χ4n) is 2.80. The normalized spacial score (nSPS) is 13.5. The lowest BCUT2D eigenvalue weighted by atomic mass is 9.99. The average Bonchev–Trinajstić information content (AvgIpc) is 2.62. The van der Waals surface area contributed by atoms with E-state index < -0.39 is 0 Å². The first-order chi connectivity index (χ1) is 11.7. The summed E-state index contributed by atoms with van der Waals surface area (Å²) < 4.78 is 0. The molecule has 1 amide bonds. The molecule has 25 heavy (non-hydrogen) atoms. The van der Waals surface area contributed by atoms with E-state index in [0.717, 1.165) is 38.4 Å². The van der Waals surface area contributed by atoms with Gasteiger partial charge in [-0.25, -0.2) is 0 Å². The number of guanidine groups is 1. The molecule has 0 unspecified atom stereocenters. The van der Waals surface area contributed by atoms with Gasteiger partial charge in [0.2, 0.25) is 5.91 Å². The Kier molecular flexibility index (Phi) is 10.2. The van der Waals surface area contributed by atoms with Crippen molar-refractivity contribution in [2.24, 2.45) is 4.99 Å². The highest BCUT2D eigenvalue weighted by molar-refractivity contribution is 14.0. The second-order valence-electron chi connectivity index (χ2n) is 5.87. The average molecular weight is 456 g/mol. The molecule has 1 aliphatic rings. The van der Waals surface area contributed by atoms with Gasteiger partial charge in [0.15, 0.2) is 5.96 Å². The Hall–Kier alpha value is -1.57. The van der Waals surface area contributed by atoms with Crippen molar-refractivity contribution in [3.05, 3.63) is 48.0 Å². The molecule has 5 nitrogen and oxygen atoms in total. The number of carbonyl (C=O) groups excluding carboxylic acids is 1. The van der Waals surface area contributed by atoms with E-state index in [2.05, 4.69) is 40.4 Å². The Balaban J connectivity index is 0.00000312. The largest absolute Gasteiger partial charge is 0.357 e. The molecule has 1 aromatic rings. The standard InChI is InChI=1S/C19H28N4O.HI/c1-3-12-21-19(20-4-2)22-13-7-10-18(24)23-14-11-16-8-5-6-9-17(16)15-23;/h3,5-6,8-9H,1,4,7,10-15H2,2H3,(H2,20,21,22);1H. The van der Waals surface area contributed by atoms with Crippen LogP contribution < -0.4 is 10.6 Å². The summed E-state index contributed by atoms with van der Waals surface area (Å²) in [5.41, 5.74) is 2.65. The predicted octanol–water partition coefficient (Wildman–Crippen LogP) is 2.71. The van der Waals surface area contributed by atoms with Gasteiger partial charge in [-0.15, -0.1) is 30.6 Å². The highest BCUT2D eigenvalue weighted by Crippen LogP contribution is 2.19. The molecular weight excluding hydrogens is 427 g/mol. The van der Waals surface area contributed by atoms with E-state index in [9.17, 15) is 4.79 Å². The number of hydrogen-bond donors (Lipinski definition) is 2. The smallest absolute Gasteiger partial charge is 0.222 e. The molecule has 1 aromatic carbocycles. The predicted molar refractivity (Wildman–Crippen MR) is 114 cm³/mol. The van der Waals surface area contributed by atoms with Crippen molar-refractivity contribution in [1.82, 2.24) is 15.5 Å². The van der Waals surface area contributed by atoms with Gasteiger partial charge in [-0.05, 0) is 30.9 Å². The van der Waals surface area contributed by atoms with Gasteiger partial charge in [0.25, 0.3) is 0 Å². The Morgan fingerprint density at radius 2 is 2.08 bits per heavy atom. The van der Waals surface area contributed by atoms with Crippen molar-refractivity contribution in [1.29, 1.82) is 0 Å². The van der Waals surface area contributed by atoms with Gasteiger partial charge in [0.05, 0.1) is 0 Å². The number of aliphatic imine (C=N–C) groups is 1. The maximum absolute atomic E-state index is 12.4. The molecule has 138 valence electrons. The molecule has 0 atom stereocenters. The van der Waals surface area contributed by atoms with Crippen molar-refractivity contribution < 1.29 is 4.79 Å². The van der Waals surface area contributed by atoms with Crippen LogP contribution in [0.25, 0.3) is 0 Å². The molecule has 2 N–H and O–H groups in total. The number of nitrogens with zero attached hydrogens (tertiary/aromatic N) is 2. The third kappa shape index (κ3) is 7.05. The summed E-state index contributed by atoms with van der Waals surface area (Å²) in [6, 6.07) is 8.38. The van der Waals surface area contributed by atoms with Gasteiger partial charge >= 0.3 is 0 Å². The topological polar surface area (TPSA) is 56.7 Å². The zero-order chi connectivity index (χ0) is 17.2. The lowest BCUT2D eigenvalue weighted by molar-refractivity contribution is -0.132. The van der Waals surface area contributed by atoms with Gasteiger partial charge in [-0.1, -0.05) is 30.3 Å². The fourth-order valence-corrected chi connectivity index (χ4v) is 2.80. The molecule has 1 aliphatic heterocycles. The third-order valence-corrected chi connectivity index (χ3v) is 4.06. The van der Waals surface area contributed by atoms with Crippen LogP contribution in [0.4, 0.5) is 0 Å². The number of nitrogens with one attached hydrogen (secondary N) is 2. The molecule has 0 spiro atoms. The molecule has 0 radical (unpaired) electrons. The number of carbonyl (C=O) groups is 1. The zero-order valence-electron chi connectivity index (χ0n) is 15.0. The van der Waals surface area contributed by atoms with Gasteiger partial charge < -0.3 is 15.5 Å². The van der Waals surface area contributed by atoms with Crippen molar-refractivity contribution in [2.45, 2.75) is 32.7 Å². The highest BCUT2D eigenvalue weighted by atomic mass is 127. The number of benzene rings is 1. The van der Waals surface area contributed by atoms with Crippen molar-refractivity contribution >= 4 is 35.8 Å². The maximum atomic E-state index is 12.4. The van der Waals surface area contributed by atoms with Crippen LogP contribution in [0.3, 0.4) is 0 Å². The molecule has 6 heteroatoms. The summed E-state index contributed by atoms with van der Waals surface area (Å²) >= 11 is 0.